The third-order valence-corrected chi connectivity index (χ3v) is 5.07. The van der Waals surface area contributed by atoms with Crippen LogP contribution in [0.5, 0.6) is 5.75 Å². The maximum Gasteiger partial charge on any atom is 0.265 e. The topological polar surface area (TPSA) is 61.9 Å². The summed E-state index contributed by atoms with van der Waals surface area (Å²) >= 11 is 0. The van der Waals surface area contributed by atoms with Gasteiger partial charge in [-0.15, -0.1) is 0 Å². The summed E-state index contributed by atoms with van der Waals surface area (Å²) in [5.74, 6) is 2.03. The number of hydrogen-bond acceptors (Lipinski definition) is 4. The van der Waals surface area contributed by atoms with Crippen molar-refractivity contribution in [2.24, 2.45) is 11.8 Å². The van der Waals surface area contributed by atoms with Crippen LogP contribution in [-0.2, 0) is 9.59 Å². The number of fused-ring (bicyclic) bond motifs is 1. The molecule has 6 heteroatoms. The van der Waals surface area contributed by atoms with E-state index >= 15 is 0 Å². The van der Waals surface area contributed by atoms with Gasteiger partial charge in [-0.05, 0) is 30.4 Å². The van der Waals surface area contributed by atoms with Crippen LogP contribution >= 0.6 is 0 Å². The first kappa shape index (κ1) is 18.7. The Morgan fingerprint density at radius 2 is 1.92 bits per heavy atom. The third-order valence-electron chi connectivity index (χ3n) is 5.07. The highest BCUT2D eigenvalue weighted by Gasteiger charge is 2.25. The molecule has 0 radical (unpaired) electrons. The second-order valence-corrected chi connectivity index (χ2v) is 7.61. The van der Waals surface area contributed by atoms with Crippen molar-refractivity contribution in [1.29, 1.82) is 0 Å². The summed E-state index contributed by atoms with van der Waals surface area (Å²) in [5.41, 5.74) is 0.743. The van der Waals surface area contributed by atoms with Crippen LogP contribution in [0.15, 0.2) is 24.3 Å². The second-order valence-electron chi connectivity index (χ2n) is 7.61. The highest BCUT2D eigenvalue weighted by molar-refractivity contribution is 5.98. The number of carbonyl (C=O) groups excluding carboxylic acids is 2. The van der Waals surface area contributed by atoms with Crippen LogP contribution in [0.4, 0.5) is 5.69 Å². The molecule has 3 rings (SSSR count). The number of carbonyl (C=O) groups is 2. The zero-order chi connectivity index (χ0) is 18.5. The number of likely N-dealkylation sites (tertiary alicyclic amines) is 1. The van der Waals surface area contributed by atoms with E-state index in [1.54, 1.807) is 4.90 Å². The summed E-state index contributed by atoms with van der Waals surface area (Å²) < 4.78 is 5.42. The van der Waals surface area contributed by atoms with Crippen LogP contribution in [0.25, 0.3) is 0 Å². The lowest BCUT2D eigenvalue weighted by Crippen LogP contribution is -2.44. The highest BCUT2D eigenvalue weighted by atomic mass is 16.5. The molecule has 142 valence electrons. The molecule has 0 aromatic heterocycles. The Labute approximate surface area is 155 Å². The van der Waals surface area contributed by atoms with E-state index in [1.807, 2.05) is 24.3 Å². The molecule has 2 unspecified atom stereocenters. The van der Waals surface area contributed by atoms with Gasteiger partial charge in [0.25, 0.3) is 5.91 Å². The quantitative estimate of drug-likeness (QED) is 0.843. The van der Waals surface area contributed by atoms with Crippen molar-refractivity contribution in [3.8, 4) is 5.75 Å². The molecule has 2 atom stereocenters. The van der Waals surface area contributed by atoms with E-state index in [-0.39, 0.29) is 18.4 Å². The lowest BCUT2D eigenvalue weighted by atomic mass is 9.92. The minimum atomic E-state index is -0.104. The molecular weight excluding hydrogens is 330 g/mol. The Balaban J connectivity index is 1.42. The Hall–Kier alpha value is -2.08. The van der Waals surface area contributed by atoms with Gasteiger partial charge in [0, 0.05) is 39.1 Å². The molecular formula is C20H29N3O3. The van der Waals surface area contributed by atoms with Crippen LogP contribution in [0, 0.1) is 11.8 Å². The zero-order valence-corrected chi connectivity index (χ0v) is 15.7. The minimum absolute atomic E-state index is 0.0140. The molecule has 0 spiro atoms. The van der Waals surface area contributed by atoms with E-state index in [1.165, 1.54) is 6.42 Å². The largest absolute Gasteiger partial charge is 0.482 e. The Kier molecular flexibility index (Phi) is 6.14. The molecule has 1 aromatic rings. The number of benzene rings is 1. The number of para-hydroxylation sites is 2. The molecule has 1 aromatic carbocycles. The smallest absolute Gasteiger partial charge is 0.265 e. The molecule has 6 nitrogen and oxygen atoms in total. The Bertz CT molecular complexity index is 639. The minimum Gasteiger partial charge on any atom is -0.482 e. The zero-order valence-electron chi connectivity index (χ0n) is 15.7. The number of piperidine rings is 1. The van der Waals surface area contributed by atoms with Crippen molar-refractivity contribution in [1.82, 2.24) is 10.2 Å². The average molecular weight is 359 g/mol. The fourth-order valence-electron chi connectivity index (χ4n) is 4.03. The number of nitrogens with one attached hydrogen (secondary N) is 1. The standard InChI is InChI=1S/C20H29N3O3/c1-15-11-16(2)13-22(12-15)10-8-21-19(24)7-9-23-17-5-3-4-6-18(17)26-14-20(23)25/h3-6,15-16H,7-14H2,1-2H3,(H,21,24). The predicted octanol–water partition coefficient (Wildman–Crippen LogP) is 1.90. The summed E-state index contributed by atoms with van der Waals surface area (Å²) in [5, 5.41) is 2.99. The van der Waals surface area contributed by atoms with Gasteiger partial charge in [-0.2, -0.15) is 0 Å². The molecule has 2 aliphatic rings. The lowest BCUT2D eigenvalue weighted by Gasteiger charge is -2.34. The molecule has 2 heterocycles. The SMILES string of the molecule is CC1CC(C)CN(CCNC(=O)CCN2C(=O)COc3ccccc32)C1. The maximum atomic E-state index is 12.2. The Morgan fingerprint density at radius 1 is 1.19 bits per heavy atom. The summed E-state index contributed by atoms with van der Waals surface area (Å²) in [6.45, 7) is 8.76. The fraction of sp³-hybridized carbons (Fsp3) is 0.600. The van der Waals surface area contributed by atoms with Crippen LogP contribution in [-0.4, -0.2) is 56.0 Å². The van der Waals surface area contributed by atoms with E-state index in [2.05, 4.69) is 24.1 Å². The monoisotopic (exact) mass is 359 g/mol. The van der Waals surface area contributed by atoms with Crippen molar-refractivity contribution in [2.75, 3.05) is 44.2 Å². The first-order valence-corrected chi connectivity index (χ1v) is 9.54. The van der Waals surface area contributed by atoms with E-state index in [9.17, 15) is 9.59 Å². The molecule has 0 bridgehead atoms. The van der Waals surface area contributed by atoms with Crippen LogP contribution in [0.2, 0.25) is 0 Å². The van der Waals surface area contributed by atoms with E-state index in [0.717, 1.165) is 37.2 Å². The van der Waals surface area contributed by atoms with Gasteiger partial charge >= 0.3 is 0 Å². The highest BCUT2D eigenvalue weighted by Crippen LogP contribution is 2.31. The fourth-order valence-corrected chi connectivity index (χ4v) is 4.03. The van der Waals surface area contributed by atoms with Gasteiger partial charge < -0.3 is 19.9 Å². The normalized spacial score (nSPS) is 23.3. The van der Waals surface area contributed by atoms with Crippen molar-refractivity contribution < 1.29 is 14.3 Å². The molecule has 0 saturated carbocycles. The molecule has 1 fully saturated rings. The van der Waals surface area contributed by atoms with Gasteiger partial charge in [-0.3, -0.25) is 9.59 Å². The molecule has 1 N–H and O–H groups in total. The summed E-state index contributed by atoms with van der Waals surface area (Å²) in [4.78, 5) is 28.4. The van der Waals surface area contributed by atoms with Gasteiger partial charge in [-0.1, -0.05) is 26.0 Å². The van der Waals surface area contributed by atoms with Crippen LogP contribution < -0.4 is 15.0 Å². The lowest BCUT2D eigenvalue weighted by molar-refractivity contribution is -0.122. The van der Waals surface area contributed by atoms with Gasteiger partial charge in [0.05, 0.1) is 5.69 Å². The van der Waals surface area contributed by atoms with E-state index in [0.29, 0.717) is 25.3 Å². The van der Waals surface area contributed by atoms with Gasteiger partial charge in [0.1, 0.15) is 5.75 Å². The van der Waals surface area contributed by atoms with Crippen LogP contribution in [0.3, 0.4) is 0 Å². The molecule has 2 amide bonds. The second kappa shape index (κ2) is 8.54. The van der Waals surface area contributed by atoms with Crippen molar-refractivity contribution in [3.63, 3.8) is 0 Å². The van der Waals surface area contributed by atoms with Crippen molar-refractivity contribution in [2.45, 2.75) is 26.7 Å². The number of hydrogen-bond donors (Lipinski definition) is 1. The first-order valence-electron chi connectivity index (χ1n) is 9.54. The first-order chi connectivity index (χ1) is 12.5. The van der Waals surface area contributed by atoms with Gasteiger partial charge in [-0.25, -0.2) is 0 Å². The Morgan fingerprint density at radius 3 is 2.69 bits per heavy atom. The molecule has 0 aliphatic carbocycles. The maximum absolute atomic E-state index is 12.2. The summed E-state index contributed by atoms with van der Waals surface area (Å²) in [7, 11) is 0. The van der Waals surface area contributed by atoms with E-state index in [4.69, 9.17) is 4.74 Å². The van der Waals surface area contributed by atoms with E-state index < -0.39 is 0 Å². The molecule has 26 heavy (non-hydrogen) atoms. The van der Waals surface area contributed by atoms with Crippen molar-refractivity contribution in [3.05, 3.63) is 24.3 Å². The average Bonchev–Trinajstić information content (AvgIpc) is 2.60. The summed E-state index contributed by atoms with van der Waals surface area (Å²) in [6, 6.07) is 7.44. The molecule has 2 aliphatic heterocycles. The number of anilines is 1. The summed E-state index contributed by atoms with van der Waals surface area (Å²) in [6.07, 6.45) is 1.59. The van der Waals surface area contributed by atoms with Crippen molar-refractivity contribution >= 4 is 17.5 Å². The number of nitrogens with zero attached hydrogens (tertiary/aromatic N) is 2. The van der Waals surface area contributed by atoms with Gasteiger partial charge in [0.2, 0.25) is 5.91 Å². The predicted molar refractivity (Wildman–Crippen MR) is 101 cm³/mol. The number of rotatable bonds is 6. The van der Waals surface area contributed by atoms with Gasteiger partial charge in [0.15, 0.2) is 6.61 Å². The third kappa shape index (κ3) is 4.75. The van der Waals surface area contributed by atoms with Crippen LogP contribution in [0.1, 0.15) is 26.7 Å². The number of ether oxygens (including phenoxy) is 1. The molecule has 1 saturated heterocycles. The number of amides is 2.